The Balaban J connectivity index is 1.96. The van der Waals surface area contributed by atoms with Crippen LogP contribution in [0.5, 0.6) is 0 Å². The minimum atomic E-state index is -0.692. The third-order valence-corrected chi connectivity index (χ3v) is 6.15. The first-order chi connectivity index (χ1) is 13.3. The van der Waals surface area contributed by atoms with Crippen LogP contribution < -0.4 is 9.78 Å². The number of carbonyl (C=O) groups excluding carboxylic acids is 1. The fraction of sp³-hybridized carbons (Fsp3) is 0.381. The van der Waals surface area contributed by atoms with Crippen molar-refractivity contribution < 1.29 is 14.5 Å². The van der Waals surface area contributed by atoms with Gasteiger partial charge in [0.25, 0.3) is 0 Å². The van der Waals surface area contributed by atoms with Crippen LogP contribution in [0.25, 0.3) is 0 Å². The summed E-state index contributed by atoms with van der Waals surface area (Å²) in [5.74, 6) is 0. The van der Waals surface area contributed by atoms with Gasteiger partial charge in [0, 0.05) is 0 Å². The second-order valence-electron chi connectivity index (χ2n) is 7.33. The van der Waals surface area contributed by atoms with Crippen LogP contribution in [-0.4, -0.2) is 31.6 Å². The van der Waals surface area contributed by atoms with E-state index in [2.05, 4.69) is 17.4 Å². The van der Waals surface area contributed by atoms with Crippen molar-refractivity contribution in [1.29, 1.82) is 0 Å². The second kappa shape index (κ2) is 10.2. The van der Waals surface area contributed by atoms with Gasteiger partial charge in [-0.3, -0.25) is 0 Å². The topological polar surface area (TPSA) is 81.5 Å². The van der Waals surface area contributed by atoms with Crippen molar-refractivity contribution >= 4 is 36.9 Å². The third-order valence-electron chi connectivity index (χ3n) is 3.78. The number of benzene rings is 2. The molecule has 0 atom stereocenters. The van der Waals surface area contributed by atoms with E-state index < -0.39 is 16.6 Å². The summed E-state index contributed by atoms with van der Waals surface area (Å²) in [6.45, 7) is 5.24. The summed E-state index contributed by atoms with van der Waals surface area (Å²) in [6, 6.07) is 15.3. The molecule has 28 heavy (non-hydrogen) atoms. The molecule has 0 unspecified atom stereocenters. The summed E-state index contributed by atoms with van der Waals surface area (Å²) >= 11 is -0.0370. The summed E-state index contributed by atoms with van der Waals surface area (Å²) in [7, 11) is 0. The zero-order chi connectivity index (χ0) is 20.6. The van der Waals surface area contributed by atoms with Crippen molar-refractivity contribution in [2.75, 3.05) is 5.32 Å². The van der Waals surface area contributed by atoms with E-state index in [1.807, 2.05) is 18.2 Å². The Hall–Kier alpha value is -2.37. The predicted molar refractivity (Wildman–Crippen MR) is 113 cm³/mol. The van der Waals surface area contributed by atoms with E-state index in [-0.39, 0.29) is 26.3 Å². The maximum atomic E-state index is 12.0. The van der Waals surface area contributed by atoms with E-state index in [1.54, 1.807) is 32.9 Å². The summed E-state index contributed by atoms with van der Waals surface area (Å²) in [5, 5.41) is 15.0. The molecule has 1 amide bonds. The molecule has 2 aromatic carbocycles. The van der Waals surface area contributed by atoms with Crippen molar-refractivity contribution in [1.82, 2.24) is 0 Å². The number of nitrogens with one attached hydrogen (secondary N) is 1. The number of rotatable bonds is 8. The average Bonchev–Trinajstić information content (AvgIpc) is 2.60. The molecule has 7 heteroatoms. The van der Waals surface area contributed by atoms with Crippen molar-refractivity contribution in [3.8, 4) is 0 Å². The van der Waals surface area contributed by atoms with E-state index in [0.29, 0.717) is 4.46 Å². The number of aryl methyl sites for hydroxylation is 1. The molecule has 150 valence electrons. The molecular formula is C21H26N2O4Se. The number of hydrogen-bond acceptors (Lipinski definition) is 4. The van der Waals surface area contributed by atoms with Crippen LogP contribution in [0.15, 0.2) is 48.5 Å². The Morgan fingerprint density at radius 3 is 2.46 bits per heavy atom. The normalized spacial score (nSPS) is 11.1. The van der Waals surface area contributed by atoms with Gasteiger partial charge in [-0.05, 0) is 0 Å². The van der Waals surface area contributed by atoms with Gasteiger partial charge in [0.2, 0.25) is 0 Å². The van der Waals surface area contributed by atoms with Crippen LogP contribution in [0, 0.1) is 10.1 Å². The maximum absolute atomic E-state index is 12.0. The molecule has 0 aliphatic rings. The molecule has 1 N–H and O–H groups in total. The van der Waals surface area contributed by atoms with Gasteiger partial charge in [-0.2, -0.15) is 0 Å². The standard InChI is InChI=1S/C21H26N2O4Se/c1-21(2,3)27-20(24)22-17-13-9-14-18(19(17)23(25)26)28-15-8-7-12-16-10-5-4-6-11-16/h4-6,9-11,13-14H,7-8,12,15H2,1-3H3,(H,22,24). The molecule has 0 radical (unpaired) electrons. The summed E-state index contributed by atoms with van der Waals surface area (Å²) in [4.78, 5) is 23.2. The molecule has 0 aliphatic heterocycles. The van der Waals surface area contributed by atoms with E-state index in [9.17, 15) is 14.9 Å². The molecular weight excluding hydrogens is 423 g/mol. The fourth-order valence-electron chi connectivity index (χ4n) is 2.60. The Morgan fingerprint density at radius 2 is 1.82 bits per heavy atom. The number of carbonyl (C=O) groups is 1. The molecule has 0 bridgehead atoms. The molecule has 0 aromatic heterocycles. The fourth-order valence-corrected chi connectivity index (χ4v) is 4.83. The van der Waals surface area contributed by atoms with Gasteiger partial charge in [0.05, 0.1) is 0 Å². The van der Waals surface area contributed by atoms with E-state index in [4.69, 9.17) is 4.74 Å². The van der Waals surface area contributed by atoms with Gasteiger partial charge < -0.3 is 0 Å². The van der Waals surface area contributed by atoms with Gasteiger partial charge >= 0.3 is 172 Å². The number of nitro benzene ring substituents is 1. The second-order valence-corrected chi connectivity index (χ2v) is 9.71. The van der Waals surface area contributed by atoms with Crippen LogP contribution >= 0.6 is 0 Å². The first kappa shape index (κ1) is 21.9. The molecule has 0 aliphatic carbocycles. The SMILES string of the molecule is CC(C)(C)OC(=O)Nc1cccc([Se]CCCCc2ccccc2)c1[N+](=O)[O-]. The van der Waals surface area contributed by atoms with Gasteiger partial charge in [-0.25, -0.2) is 0 Å². The van der Waals surface area contributed by atoms with Gasteiger partial charge in [-0.15, -0.1) is 0 Å². The van der Waals surface area contributed by atoms with Crippen LogP contribution in [0.2, 0.25) is 5.32 Å². The quantitative estimate of drug-likeness (QED) is 0.274. The minimum absolute atomic E-state index is 0.0311. The van der Waals surface area contributed by atoms with Crippen LogP contribution in [0.3, 0.4) is 0 Å². The van der Waals surface area contributed by atoms with Crippen molar-refractivity contribution in [3.63, 3.8) is 0 Å². The van der Waals surface area contributed by atoms with Gasteiger partial charge in [0.15, 0.2) is 0 Å². The number of amides is 1. The number of nitro groups is 1. The molecule has 0 saturated carbocycles. The van der Waals surface area contributed by atoms with Crippen molar-refractivity contribution in [2.24, 2.45) is 0 Å². The number of anilines is 1. The van der Waals surface area contributed by atoms with Gasteiger partial charge in [-0.1, -0.05) is 0 Å². The van der Waals surface area contributed by atoms with E-state index >= 15 is 0 Å². The third kappa shape index (κ3) is 7.33. The molecule has 0 heterocycles. The molecule has 6 nitrogen and oxygen atoms in total. The van der Waals surface area contributed by atoms with Gasteiger partial charge in [0.1, 0.15) is 0 Å². The van der Waals surface area contributed by atoms with Crippen LogP contribution in [0.1, 0.15) is 39.2 Å². The zero-order valence-electron chi connectivity index (χ0n) is 16.4. The van der Waals surface area contributed by atoms with Crippen molar-refractivity contribution in [2.45, 2.75) is 51.0 Å². The number of para-hydroxylation sites is 1. The van der Waals surface area contributed by atoms with Crippen LogP contribution in [-0.2, 0) is 11.2 Å². The zero-order valence-corrected chi connectivity index (χ0v) is 18.1. The van der Waals surface area contributed by atoms with Crippen molar-refractivity contribution in [3.05, 3.63) is 64.2 Å². The number of nitrogens with zero attached hydrogens (tertiary/aromatic N) is 1. The first-order valence-corrected chi connectivity index (χ1v) is 11.3. The monoisotopic (exact) mass is 450 g/mol. The van der Waals surface area contributed by atoms with E-state index in [0.717, 1.165) is 24.6 Å². The average molecular weight is 449 g/mol. The molecule has 0 fully saturated rings. The summed E-state index contributed by atoms with van der Waals surface area (Å²) in [5.41, 5.74) is 0.794. The molecule has 2 rings (SSSR count). The number of ether oxygens (including phenoxy) is 1. The predicted octanol–water partition coefficient (Wildman–Crippen LogP) is 4.71. The molecule has 2 aromatic rings. The number of unbranched alkanes of at least 4 members (excludes halogenated alkanes) is 1. The van der Waals surface area contributed by atoms with Crippen LogP contribution in [0.4, 0.5) is 16.2 Å². The molecule has 0 saturated heterocycles. The Morgan fingerprint density at radius 1 is 1.11 bits per heavy atom. The van der Waals surface area contributed by atoms with E-state index in [1.165, 1.54) is 11.6 Å². The first-order valence-electron chi connectivity index (χ1n) is 9.20. The Labute approximate surface area is 172 Å². The summed E-state index contributed by atoms with van der Waals surface area (Å²) < 4.78 is 5.89. The Bertz CT molecular complexity index is 804. The molecule has 0 spiro atoms. The number of hydrogen-bond donors (Lipinski definition) is 1. The Kier molecular flexibility index (Phi) is 8.03. The summed E-state index contributed by atoms with van der Waals surface area (Å²) in [6.07, 6.45) is 2.38.